The molecule has 0 saturated carbocycles. The summed E-state index contributed by atoms with van der Waals surface area (Å²) in [5.74, 6) is 0. The van der Waals surface area contributed by atoms with E-state index < -0.39 is 0 Å². The predicted octanol–water partition coefficient (Wildman–Crippen LogP) is 2.28. The van der Waals surface area contributed by atoms with Crippen molar-refractivity contribution in [2.24, 2.45) is 5.41 Å². The Morgan fingerprint density at radius 3 is 1.78 bits per heavy atom. The average molecular weight is 147 g/mol. The number of hydrogen-bond donors (Lipinski definition) is 1. The van der Waals surface area contributed by atoms with E-state index in [0.717, 1.165) is 6.54 Å². The zero-order valence-corrected chi connectivity index (χ0v) is 8.05. The van der Waals surface area contributed by atoms with Gasteiger partial charge in [0.25, 0.3) is 0 Å². The molecule has 1 N–H and O–H groups in total. The fraction of sp³-hybridized carbons (Fsp3) is 1.00. The Labute approximate surface area is 60.0 Å². The number of nitrogens with one attached hydrogen (secondary N) is 1. The Hall–Kier alpha value is 0.390. The van der Waals surface area contributed by atoms with Gasteiger partial charge in [0, 0.05) is 6.54 Å². The van der Waals surface area contributed by atoms with Gasteiger partial charge in [-0.2, -0.15) is 0 Å². The Morgan fingerprint density at radius 2 is 1.67 bits per heavy atom. The van der Waals surface area contributed by atoms with Gasteiger partial charge < -0.3 is 0 Å². The highest BCUT2D eigenvalue weighted by molar-refractivity contribution is 7.53. The summed E-state index contributed by atoms with van der Waals surface area (Å²) in [6.45, 7) is 12.4. The Balaban J connectivity index is 3.28. The first kappa shape index (κ1) is 9.39. The summed E-state index contributed by atoms with van der Waals surface area (Å²) in [5, 5.41) is 3.45. The lowest BCUT2D eigenvalue weighted by atomic mass is 9.98. The van der Waals surface area contributed by atoms with E-state index in [9.17, 15) is 0 Å². The molecule has 0 bridgehead atoms. The van der Waals surface area contributed by atoms with Crippen LogP contribution >= 0.6 is 8.07 Å². The van der Waals surface area contributed by atoms with Gasteiger partial charge in [-0.3, -0.25) is 5.09 Å². The van der Waals surface area contributed by atoms with Gasteiger partial charge in [0.05, 0.1) is 0 Å². The second-order valence-electron chi connectivity index (χ2n) is 3.79. The molecule has 0 aliphatic carbocycles. The molecule has 0 amide bonds. The van der Waals surface area contributed by atoms with Gasteiger partial charge >= 0.3 is 0 Å². The lowest BCUT2D eigenvalue weighted by molar-refractivity contribution is 0.414. The van der Waals surface area contributed by atoms with Crippen LogP contribution in [0, 0.1) is 5.41 Å². The number of hydrogen-bond acceptors (Lipinski definition) is 1. The van der Waals surface area contributed by atoms with Gasteiger partial charge in [0.15, 0.2) is 0 Å². The van der Waals surface area contributed by atoms with Crippen LogP contribution in [0.3, 0.4) is 0 Å². The summed E-state index contributed by atoms with van der Waals surface area (Å²) >= 11 is 0. The second-order valence-corrected chi connectivity index (χ2v) is 5.90. The molecule has 9 heavy (non-hydrogen) atoms. The molecule has 0 spiro atoms. The van der Waals surface area contributed by atoms with Crippen LogP contribution in [0.5, 0.6) is 0 Å². The lowest BCUT2D eigenvalue weighted by Crippen LogP contribution is -2.22. The molecule has 0 aliphatic rings. The fourth-order valence-corrected chi connectivity index (χ4v) is 1.19. The van der Waals surface area contributed by atoms with Crippen LogP contribution in [0.25, 0.3) is 0 Å². The van der Waals surface area contributed by atoms with E-state index in [1.54, 1.807) is 0 Å². The minimum absolute atomic E-state index is 0.0852. The highest BCUT2D eigenvalue weighted by atomic mass is 31.1. The smallest absolute Gasteiger partial charge is 0.00386 e. The maximum absolute atomic E-state index is 3.45. The first-order chi connectivity index (χ1) is 3.92. The van der Waals surface area contributed by atoms with Crippen LogP contribution in [-0.4, -0.2) is 19.9 Å². The van der Waals surface area contributed by atoms with Crippen molar-refractivity contribution in [2.75, 3.05) is 19.9 Å². The normalized spacial score (nSPS) is 12.7. The predicted molar refractivity (Wildman–Crippen MR) is 46.2 cm³/mol. The van der Waals surface area contributed by atoms with Crippen molar-refractivity contribution in [3.05, 3.63) is 0 Å². The summed E-state index contributed by atoms with van der Waals surface area (Å²) in [6, 6.07) is 0. The molecule has 0 aliphatic heterocycles. The van der Waals surface area contributed by atoms with Crippen molar-refractivity contribution in [3.63, 3.8) is 0 Å². The van der Waals surface area contributed by atoms with E-state index in [-0.39, 0.29) is 8.07 Å². The SMILES string of the molecule is CP(C)NCC(C)(C)C. The second kappa shape index (κ2) is 3.53. The molecule has 0 aromatic rings. The maximum atomic E-state index is 3.45. The van der Waals surface area contributed by atoms with Crippen LogP contribution in [0.4, 0.5) is 0 Å². The molecule has 0 unspecified atom stereocenters. The van der Waals surface area contributed by atoms with Gasteiger partial charge in [0.2, 0.25) is 0 Å². The summed E-state index contributed by atoms with van der Waals surface area (Å²) in [7, 11) is 0.0852. The van der Waals surface area contributed by atoms with Crippen LogP contribution < -0.4 is 5.09 Å². The van der Waals surface area contributed by atoms with E-state index in [1.807, 2.05) is 0 Å². The zero-order valence-electron chi connectivity index (χ0n) is 7.15. The maximum Gasteiger partial charge on any atom is 0.00386 e. The van der Waals surface area contributed by atoms with Crippen molar-refractivity contribution < 1.29 is 0 Å². The summed E-state index contributed by atoms with van der Waals surface area (Å²) < 4.78 is 0. The molecule has 0 atom stereocenters. The molecule has 0 rings (SSSR count). The van der Waals surface area contributed by atoms with Crippen molar-refractivity contribution in [2.45, 2.75) is 20.8 Å². The summed E-state index contributed by atoms with van der Waals surface area (Å²) in [4.78, 5) is 0. The van der Waals surface area contributed by atoms with E-state index in [2.05, 4.69) is 39.2 Å². The quantitative estimate of drug-likeness (QED) is 0.591. The third-order valence-corrected chi connectivity index (χ3v) is 1.72. The van der Waals surface area contributed by atoms with Crippen molar-refractivity contribution >= 4 is 8.07 Å². The largest absolute Gasteiger partial charge is 0.296 e. The molecule has 0 fully saturated rings. The first-order valence-electron chi connectivity index (χ1n) is 3.33. The van der Waals surface area contributed by atoms with Crippen molar-refractivity contribution in [1.82, 2.24) is 5.09 Å². The molecule has 0 aromatic carbocycles. The van der Waals surface area contributed by atoms with Crippen LogP contribution in [-0.2, 0) is 0 Å². The first-order valence-corrected chi connectivity index (χ1v) is 5.56. The van der Waals surface area contributed by atoms with E-state index in [1.165, 1.54) is 0 Å². The van der Waals surface area contributed by atoms with Gasteiger partial charge in [-0.1, -0.05) is 20.8 Å². The topological polar surface area (TPSA) is 12.0 Å². The van der Waals surface area contributed by atoms with Crippen molar-refractivity contribution in [3.8, 4) is 0 Å². The van der Waals surface area contributed by atoms with Gasteiger partial charge in [-0.15, -0.1) is 0 Å². The highest BCUT2D eigenvalue weighted by Crippen LogP contribution is 2.21. The molecule has 2 heteroatoms. The minimum atomic E-state index is 0.0852. The standard InChI is InChI=1S/C7H18NP/c1-7(2,3)6-8-9(4)5/h8H,6H2,1-5H3. The van der Waals surface area contributed by atoms with Crippen molar-refractivity contribution in [1.29, 1.82) is 0 Å². The number of rotatable bonds is 2. The fourth-order valence-electron chi connectivity index (χ4n) is 0.395. The molecule has 0 saturated heterocycles. The van der Waals surface area contributed by atoms with Crippen LogP contribution in [0.15, 0.2) is 0 Å². The molecular formula is C7H18NP. The molecule has 0 radical (unpaired) electrons. The van der Waals surface area contributed by atoms with E-state index >= 15 is 0 Å². The Bertz CT molecular complexity index is 73.5. The van der Waals surface area contributed by atoms with Crippen LogP contribution in [0.2, 0.25) is 0 Å². The van der Waals surface area contributed by atoms with E-state index in [0.29, 0.717) is 5.41 Å². The zero-order chi connectivity index (χ0) is 7.49. The Kier molecular flexibility index (Phi) is 3.68. The van der Waals surface area contributed by atoms with Gasteiger partial charge in [-0.25, -0.2) is 0 Å². The van der Waals surface area contributed by atoms with Crippen LogP contribution in [0.1, 0.15) is 20.8 Å². The van der Waals surface area contributed by atoms with E-state index in [4.69, 9.17) is 0 Å². The third kappa shape index (κ3) is 8.39. The molecule has 0 heterocycles. The molecule has 1 nitrogen and oxygen atoms in total. The average Bonchev–Trinajstić information content (AvgIpc) is 1.59. The third-order valence-electron chi connectivity index (χ3n) is 0.926. The Morgan fingerprint density at radius 1 is 1.22 bits per heavy atom. The minimum Gasteiger partial charge on any atom is -0.296 e. The van der Waals surface area contributed by atoms with Gasteiger partial charge in [0.1, 0.15) is 0 Å². The molecular weight excluding hydrogens is 129 g/mol. The lowest BCUT2D eigenvalue weighted by Gasteiger charge is -2.20. The molecule has 56 valence electrons. The summed E-state index contributed by atoms with van der Waals surface area (Å²) in [5.41, 5.74) is 0.437. The molecule has 0 aromatic heterocycles. The van der Waals surface area contributed by atoms with Gasteiger partial charge in [-0.05, 0) is 26.8 Å². The highest BCUT2D eigenvalue weighted by Gasteiger charge is 2.08. The monoisotopic (exact) mass is 147 g/mol. The summed E-state index contributed by atoms with van der Waals surface area (Å²) in [6.07, 6.45) is 0.